The van der Waals surface area contributed by atoms with E-state index in [1.54, 1.807) is 0 Å². The highest BCUT2D eigenvalue weighted by atomic mass is 19.2. The zero-order chi connectivity index (χ0) is 23.3. The van der Waals surface area contributed by atoms with Crippen LogP contribution in [0.4, 0.5) is 8.78 Å². The van der Waals surface area contributed by atoms with Gasteiger partial charge < -0.3 is 10.2 Å². The number of hydrogen-bond acceptors (Lipinski definition) is 7. The summed E-state index contributed by atoms with van der Waals surface area (Å²) in [5, 5.41) is 11.3. The van der Waals surface area contributed by atoms with Gasteiger partial charge in [-0.1, -0.05) is 19.9 Å². The van der Waals surface area contributed by atoms with Gasteiger partial charge in [-0.15, -0.1) is 10.2 Å². The van der Waals surface area contributed by atoms with Crippen molar-refractivity contribution in [3.63, 3.8) is 0 Å². The Morgan fingerprint density at radius 3 is 2.53 bits per heavy atom. The maximum atomic E-state index is 13.6. The third-order valence-corrected chi connectivity index (χ3v) is 5.32. The Hall–Kier alpha value is -3.05. The first kappa shape index (κ1) is 23.6. The third-order valence-electron chi connectivity index (χ3n) is 5.32. The molecule has 32 heavy (non-hydrogen) atoms. The van der Waals surface area contributed by atoms with Crippen LogP contribution in [0.3, 0.4) is 0 Å². The van der Waals surface area contributed by atoms with E-state index < -0.39 is 22.9 Å². The van der Waals surface area contributed by atoms with Crippen LogP contribution in [0.1, 0.15) is 31.7 Å². The Labute approximate surface area is 183 Å². The number of hydrogen-bond donors (Lipinski definition) is 1. The number of rotatable bonds is 10. The van der Waals surface area contributed by atoms with Gasteiger partial charge in [0.2, 0.25) is 0 Å². The molecule has 9 nitrogen and oxygen atoms in total. The standard InChI is InChI=1S/C21H27F2N7O2/c1-4-29(5-2)10-6-9-24-12-17-25-18-19(27-26-17)30(21(32)28(3)20(18)31)13-14-7-8-15(22)16(23)11-14/h7-8,11,24H,4-6,9-10,12-13H2,1-3H3. The summed E-state index contributed by atoms with van der Waals surface area (Å²) in [6, 6.07) is 3.34. The molecular weight excluding hydrogens is 420 g/mol. The van der Waals surface area contributed by atoms with E-state index >= 15 is 0 Å². The van der Waals surface area contributed by atoms with E-state index in [0.29, 0.717) is 17.9 Å². The maximum absolute atomic E-state index is 13.6. The molecule has 1 aromatic carbocycles. The fraction of sp³-hybridized carbons (Fsp3) is 0.476. The van der Waals surface area contributed by atoms with Gasteiger partial charge in [-0.25, -0.2) is 18.6 Å². The van der Waals surface area contributed by atoms with Crippen molar-refractivity contribution in [2.45, 2.75) is 33.4 Å². The van der Waals surface area contributed by atoms with Crippen molar-refractivity contribution in [3.05, 3.63) is 62.1 Å². The smallest absolute Gasteiger partial charge is 0.310 e. The van der Waals surface area contributed by atoms with Crippen LogP contribution in [0.2, 0.25) is 0 Å². The molecule has 2 aromatic heterocycles. The van der Waals surface area contributed by atoms with Crippen LogP contribution in [0.15, 0.2) is 27.8 Å². The van der Waals surface area contributed by atoms with Gasteiger partial charge in [0.05, 0.1) is 13.1 Å². The minimum atomic E-state index is -1.02. The number of halogens is 2. The van der Waals surface area contributed by atoms with Gasteiger partial charge in [0.25, 0.3) is 5.56 Å². The molecule has 0 aliphatic rings. The van der Waals surface area contributed by atoms with E-state index in [1.165, 1.54) is 17.7 Å². The molecule has 0 bridgehead atoms. The highest BCUT2D eigenvalue weighted by molar-refractivity contribution is 5.68. The SMILES string of the molecule is CCN(CC)CCCNCc1nnc2c(n1)c(=O)n(C)c(=O)n2Cc1ccc(F)c(F)c1. The van der Waals surface area contributed by atoms with Crippen molar-refractivity contribution in [2.24, 2.45) is 7.05 Å². The second-order valence-corrected chi connectivity index (χ2v) is 7.44. The van der Waals surface area contributed by atoms with Crippen LogP contribution >= 0.6 is 0 Å². The molecule has 0 aliphatic carbocycles. The lowest BCUT2D eigenvalue weighted by Gasteiger charge is -2.17. The quantitative estimate of drug-likeness (QED) is 0.464. The molecule has 0 amide bonds. The van der Waals surface area contributed by atoms with Gasteiger partial charge in [-0.2, -0.15) is 0 Å². The van der Waals surface area contributed by atoms with Gasteiger partial charge in [0.15, 0.2) is 28.6 Å². The summed E-state index contributed by atoms with van der Waals surface area (Å²) in [5.41, 5.74) is -0.917. The molecule has 0 atom stereocenters. The normalized spacial score (nSPS) is 11.6. The second kappa shape index (κ2) is 10.5. The molecule has 0 fully saturated rings. The summed E-state index contributed by atoms with van der Waals surface area (Å²) in [4.78, 5) is 31.9. The Kier molecular flexibility index (Phi) is 7.75. The minimum absolute atomic E-state index is 0.00637. The van der Waals surface area contributed by atoms with Crippen molar-refractivity contribution in [1.82, 2.24) is 34.5 Å². The topological polar surface area (TPSA) is 97.9 Å². The first-order valence-electron chi connectivity index (χ1n) is 10.6. The molecule has 0 saturated carbocycles. The first-order chi connectivity index (χ1) is 15.3. The molecule has 2 heterocycles. The second-order valence-electron chi connectivity index (χ2n) is 7.44. The van der Waals surface area contributed by atoms with E-state index in [4.69, 9.17) is 0 Å². The van der Waals surface area contributed by atoms with Crippen molar-refractivity contribution in [2.75, 3.05) is 26.2 Å². The molecule has 3 rings (SSSR count). The van der Waals surface area contributed by atoms with Gasteiger partial charge >= 0.3 is 5.69 Å². The van der Waals surface area contributed by atoms with Gasteiger partial charge in [0, 0.05) is 7.05 Å². The molecule has 0 saturated heterocycles. The van der Waals surface area contributed by atoms with Crippen LogP contribution < -0.4 is 16.6 Å². The van der Waals surface area contributed by atoms with Crippen molar-refractivity contribution < 1.29 is 8.78 Å². The molecule has 0 spiro atoms. The van der Waals surface area contributed by atoms with Gasteiger partial charge in [0.1, 0.15) is 0 Å². The van der Waals surface area contributed by atoms with E-state index in [2.05, 4.69) is 39.2 Å². The molecule has 172 valence electrons. The highest BCUT2D eigenvalue weighted by Gasteiger charge is 2.16. The Bertz CT molecular complexity index is 1210. The molecule has 11 heteroatoms. The van der Waals surface area contributed by atoms with E-state index in [-0.39, 0.29) is 17.7 Å². The monoisotopic (exact) mass is 447 g/mol. The minimum Gasteiger partial charge on any atom is -0.310 e. The van der Waals surface area contributed by atoms with Crippen LogP contribution in [0, 0.1) is 11.6 Å². The Morgan fingerprint density at radius 1 is 1.09 bits per heavy atom. The summed E-state index contributed by atoms with van der Waals surface area (Å²) < 4.78 is 28.9. The lowest BCUT2D eigenvalue weighted by Crippen LogP contribution is -2.39. The van der Waals surface area contributed by atoms with Crippen LogP contribution in [0.25, 0.3) is 11.2 Å². The molecule has 0 aliphatic heterocycles. The molecule has 0 radical (unpaired) electrons. The molecule has 0 unspecified atom stereocenters. The summed E-state index contributed by atoms with van der Waals surface area (Å²) >= 11 is 0. The zero-order valence-electron chi connectivity index (χ0n) is 18.4. The summed E-state index contributed by atoms with van der Waals surface area (Å²) in [7, 11) is 1.33. The van der Waals surface area contributed by atoms with Crippen LogP contribution in [-0.4, -0.2) is 55.4 Å². The Balaban J connectivity index is 1.82. The number of aromatic nitrogens is 5. The number of nitrogens with zero attached hydrogens (tertiary/aromatic N) is 6. The first-order valence-corrected chi connectivity index (χ1v) is 10.6. The van der Waals surface area contributed by atoms with Crippen molar-refractivity contribution in [3.8, 4) is 0 Å². The zero-order valence-corrected chi connectivity index (χ0v) is 18.4. The average Bonchev–Trinajstić information content (AvgIpc) is 2.80. The lowest BCUT2D eigenvalue weighted by molar-refractivity contribution is 0.297. The van der Waals surface area contributed by atoms with Crippen molar-refractivity contribution >= 4 is 11.2 Å². The number of benzene rings is 1. The van der Waals surface area contributed by atoms with E-state index in [0.717, 1.165) is 49.3 Å². The Morgan fingerprint density at radius 2 is 1.84 bits per heavy atom. The maximum Gasteiger partial charge on any atom is 0.332 e. The summed E-state index contributed by atoms with van der Waals surface area (Å²) in [6.45, 7) is 8.20. The predicted octanol–water partition coefficient (Wildman–Crippen LogP) is 1.03. The van der Waals surface area contributed by atoms with Crippen LogP contribution in [-0.2, 0) is 20.1 Å². The van der Waals surface area contributed by atoms with Crippen molar-refractivity contribution in [1.29, 1.82) is 0 Å². The number of fused-ring (bicyclic) bond motifs is 1. The fourth-order valence-corrected chi connectivity index (χ4v) is 3.40. The molecular formula is C21H27F2N7O2. The van der Waals surface area contributed by atoms with Gasteiger partial charge in [-0.05, 0) is 50.3 Å². The average molecular weight is 447 g/mol. The highest BCUT2D eigenvalue weighted by Crippen LogP contribution is 2.11. The fourth-order valence-electron chi connectivity index (χ4n) is 3.40. The summed E-state index contributed by atoms with van der Waals surface area (Å²) in [5.74, 6) is -1.68. The predicted molar refractivity (Wildman–Crippen MR) is 116 cm³/mol. The van der Waals surface area contributed by atoms with E-state index in [9.17, 15) is 18.4 Å². The van der Waals surface area contributed by atoms with Gasteiger partial charge in [-0.3, -0.25) is 13.9 Å². The lowest BCUT2D eigenvalue weighted by atomic mass is 10.2. The number of nitrogens with one attached hydrogen (secondary N) is 1. The third kappa shape index (κ3) is 5.22. The molecule has 1 N–H and O–H groups in total. The largest absolute Gasteiger partial charge is 0.332 e. The molecule has 3 aromatic rings. The summed E-state index contributed by atoms with van der Waals surface area (Å²) in [6.07, 6.45) is 0.957. The van der Waals surface area contributed by atoms with Crippen LogP contribution in [0.5, 0.6) is 0 Å². The van der Waals surface area contributed by atoms with E-state index in [1.807, 2.05) is 0 Å².